The van der Waals surface area contributed by atoms with Crippen LogP contribution in [0.15, 0.2) is 18.2 Å². The molecule has 0 aromatic heterocycles. The molecule has 0 bridgehead atoms. The van der Waals surface area contributed by atoms with Crippen LogP contribution in [0.5, 0.6) is 11.5 Å². The number of hydrogen-bond acceptors (Lipinski definition) is 4. The first-order chi connectivity index (χ1) is 11.7. The van der Waals surface area contributed by atoms with Gasteiger partial charge in [-0.25, -0.2) is 0 Å². The Labute approximate surface area is 144 Å². The molecule has 2 fully saturated rings. The van der Waals surface area contributed by atoms with Crippen molar-refractivity contribution in [2.75, 3.05) is 40.4 Å². The number of nitrogens with zero attached hydrogens (tertiary/aromatic N) is 2. The van der Waals surface area contributed by atoms with Gasteiger partial charge < -0.3 is 14.4 Å². The fourth-order valence-corrected chi connectivity index (χ4v) is 3.86. The zero-order valence-corrected chi connectivity index (χ0v) is 14.8. The van der Waals surface area contributed by atoms with Crippen LogP contribution in [0.1, 0.15) is 42.5 Å². The van der Waals surface area contributed by atoms with E-state index in [0.717, 1.165) is 19.5 Å². The molecule has 1 amide bonds. The lowest BCUT2D eigenvalue weighted by molar-refractivity contribution is 0.0710. The van der Waals surface area contributed by atoms with Crippen molar-refractivity contribution in [1.29, 1.82) is 0 Å². The Morgan fingerprint density at radius 3 is 2.50 bits per heavy atom. The van der Waals surface area contributed by atoms with E-state index < -0.39 is 0 Å². The van der Waals surface area contributed by atoms with Gasteiger partial charge in [0.2, 0.25) is 0 Å². The van der Waals surface area contributed by atoms with E-state index >= 15 is 0 Å². The summed E-state index contributed by atoms with van der Waals surface area (Å²) in [7, 11) is 3.22. The highest BCUT2D eigenvalue weighted by Crippen LogP contribution is 2.27. The number of benzene rings is 1. The summed E-state index contributed by atoms with van der Waals surface area (Å²) < 4.78 is 10.7. The maximum absolute atomic E-state index is 13.1. The van der Waals surface area contributed by atoms with E-state index in [0.29, 0.717) is 23.1 Å². The quantitative estimate of drug-likeness (QED) is 0.850. The Morgan fingerprint density at radius 1 is 1.04 bits per heavy atom. The van der Waals surface area contributed by atoms with Crippen LogP contribution in [-0.2, 0) is 0 Å². The zero-order valence-electron chi connectivity index (χ0n) is 14.8. The second kappa shape index (κ2) is 7.88. The van der Waals surface area contributed by atoms with Crippen molar-refractivity contribution in [3.63, 3.8) is 0 Å². The Kier molecular flexibility index (Phi) is 5.61. The zero-order chi connectivity index (χ0) is 16.9. The van der Waals surface area contributed by atoms with Gasteiger partial charge in [-0.05, 0) is 57.0 Å². The normalized spacial score (nSPS) is 22.2. The molecule has 2 aliphatic heterocycles. The van der Waals surface area contributed by atoms with Gasteiger partial charge in [0.15, 0.2) is 0 Å². The second-order valence-corrected chi connectivity index (χ2v) is 6.71. The summed E-state index contributed by atoms with van der Waals surface area (Å²) in [6.45, 7) is 3.99. The summed E-state index contributed by atoms with van der Waals surface area (Å²) in [5, 5.41) is 0. The number of amides is 1. The van der Waals surface area contributed by atoms with Crippen LogP contribution in [0, 0.1) is 0 Å². The smallest absolute Gasteiger partial charge is 0.257 e. The number of carbonyl (C=O) groups is 1. The largest absolute Gasteiger partial charge is 0.497 e. The molecule has 5 heteroatoms. The van der Waals surface area contributed by atoms with Crippen LogP contribution >= 0.6 is 0 Å². The standard InChI is InChI=1S/C19H28N2O3/c1-23-16-8-9-18(24-2)17(13-16)19(22)21-12-4-3-7-15(14-21)20-10-5-6-11-20/h8-9,13,15H,3-7,10-12,14H2,1-2H3/t15-/m1/s1. The van der Waals surface area contributed by atoms with Gasteiger partial charge in [-0.1, -0.05) is 6.42 Å². The molecule has 132 valence electrons. The lowest BCUT2D eigenvalue weighted by Crippen LogP contribution is -2.43. The number of carbonyl (C=O) groups excluding carboxylic acids is 1. The number of rotatable bonds is 4. The molecule has 0 N–H and O–H groups in total. The third-order valence-corrected chi connectivity index (χ3v) is 5.23. The summed E-state index contributed by atoms with van der Waals surface area (Å²) in [5.41, 5.74) is 0.596. The van der Waals surface area contributed by atoms with Crippen molar-refractivity contribution in [3.8, 4) is 11.5 Å². The number of likely N-dealkylation sites (tertiary alicyclic amines) is 2. The Balaban J connectivity index is 1.79. The third-order valence-electron chi connectivity index (χ3n) is 5.23. The van der Waals surface area contributed by atoms with Gasteiger partial charge >= 0.3 is 0 Å². The highest BCUT2D eigenvalue weighted by atomic mass is 16.5. The van der Waals surface area contributed by atoms with E-state index in [9.17, 15) is 4.79 Å². The highest BCUT2D eigenvalue weighted by Gasteiger charge is 2.29. The lowest BCUT2D eigenvalue weighted by atomic mass is 10.1. The molecule has 0 radical (unpaired) electrons. The van der Waals surface area contributed by atoms with E-state index in [1.807, 2.05) is 17.0 Å². The van der Waals surface area contributed by atoms with Gasteiger partial charge in [0, 0.05) is 19.1 Å². The van der Waals surface area contributed by atoms with Gasteiger partial charge in [-0.15, -0.1) is 0 Å². The van der Waals surface area contributed by atoms with Gasteiger partial charge in [-0.2, -0.15) is 0 Å². The average molecular weight is 332 g/mol. The SMILES string of the molecule is COc1ccc(OC)c(C(=O)N2CCCC[C@@H](N3CCCC3)C2)c1. The van der Waals surface area contributed by atoms with E-state index in [1.54, 1.807) is 20.3 Å². The molecular weight excluding hydrogens is 304 g/mol. The molecule has 2 saturated heterocycles. The molecular formula is C19H28N2O3. The number of ether oxygens (including phenoxy) is 2. The van der Waals surface area contributed by atoms with E-state index in [1.165, 1.54) is 38.8 Å². The van der Waals surface area contributed by atoms with Crippen molar-refractivity contribution < 1.29 is 14.3 Å². The summed E-state index contributed by atoms with van der Waals surface area (Å²) in [5.74, 6) is 1.35. The first-order valence-corrected chi connectivity index (χ1v) is 8.98. The first kappa shape index (κ1) is 17.1. The summed E-state index contributed by atoms with van der Waals surface area (Å²) in [6.07, 6.45) is 6.03. The molecule has 0 unspecified atom stereocenters. The summed E-state index contributed by atoms with van der Waals surface area (Å²) >= 11 is 0. The molecule has 1 aromatic carbocycles. The lowest BCUT2D eigenvalue weighted by Gasteiger charge is -2.31. The summed E-state index contributed by atoms with van der Waals surface area (Å²) in [6, 6.07) is 5.92. The third kappa shape index (κ3) is 3.66. The Morgan fingerprint density at radius 2 is 1.79 bits per heavy atom. The van der Waals surface area contributed by atoms with Crippen LogP contribution in [0.4, 0.5) is 0 Å². The van der Waals surface area contributed by atoms with Gasteiger partial charge in [0.1, 0.15) is 11.5 Å². The minimum Gasteiger partial charge on any atom is -0.497 e. The first-order valence-electron chi connectivity index (χ1n) is 8.98. The van der Waals surface area contributed by atoms with Crippen LogP contribution in [0.3, 0.4) is 0 Å². The summed E-state index contributed by atoms with van der Waals surface area (Å²) in [4.78, 5) is 17.7. The molecule has 5 nitrogen and oxygen atoms in total. The van der Waals surface area contributed by atoms with Crippen LogP contribution < -0.4 is 9.47 Å². The Bertz CT molecular complexity index is 570. The van der Waals surface area contributed by atoms with Gasteiger partial charge in [0.25, 0.3) is 5.91 Å². The van der Waals surface area contributed by atoms with Crippen LogP contribution in [-0.4, -0.2) is 62.1 Å². The van der Waals surface area contributed by atoms with E-state index in [2.05, 4.69) is 4.90 Å². The predicted octanol–water partition coefficient (Wildman–Crippen LogP) is 2.79. The molecule has 24 heavy (non-hydrogen) atoms. The van der Waals surface area contributed by atoms with E-state index in [4.69, 9.17) is 9.47 Å². The van der Waals surface area contributed by atoms with E-state index in [-0.39, 0.29) is 5.91 Å². The molecule has 3 rings (SSSR count). The highest BCUT2D eigenvalue weighted by molar-refractivity contribution is 5.97. The molecule has 2 aliphatic rings. The average Bonchev–Trinajstić information content (AvgIpc) is 3.05. The van der Waals surface area contributed by atoms with Crippen LogP contribution in [0.25, 0.3) is 0 Å². The molecule has 2 heterocycles. The maximum atomic E-state index is 13.1. The number of hydrogen-bond donors (Lipinski definition) is 0. The molecule has 0 saturated carbocycles. The predicted molar refractivity (Wildman–Crippen MR) is 93.9 cm³/mol. The fraction of sp³-hybridized carbons (Fsp3) is 0.632. The van der Waals surface area contributed by atoms with Crippen molar-refractivity contribution in [2.24, 2.45) is 0 Å². The Hall–Kier alpha value is -1.75. The van der Waals surface area contributed by atoms with Crippen molar-refractivity contribution in [1.82, 2.24) is 9.80 Å². The van der Waals surface area contributed by atoms with Crippen molar-refractivity contribution in [2.45, 2.75) is 38.1 Å². The monoisotopic (exact) mass is 332 g/mol. The van der Waals surface area contributed by atoms with Gasteiger partial charge in [-0.3, -0.25) is 9.69 Å². The minimum absolute atomic E-state index is 0.0526. The van der Waals surface area contributed by atoms with Gasteiger partial charge in [0.05, 0.1) is 19.8 Å². The fourth-order valence-electron chi connectivity index (χ4n) is 3.86. The molecule has 1 atom stereocenters. The second-order valence-electron chi connectivity index (χ2n) is 6.71. The molecule has 1 aromatic rings. The molecule has 0 aliphatic carbocycles. The minimum atomic E-state index is 0.0526. The van der Waals surface area contributed by atoms with Crippen LogP contribution in [0.2, 0.25) is 0 Å². The van der Waals surface area contributed by atoms with Crippen molar-refractivity contribution in [3.05, 3.63) is 23.8 Å². The maximum Gasteiger partial charge on any atom is 0.257 e. The van der Waals surface area contributed by atoms with Crippen molar-refractivity contribution >= 4 is 5.91 Å². The topological polar surface area (TPSA) is 42.0 Å². The number of methoxy groups -OCH3 is 2. The molecule has 0 spiro atoms.